The van der Waals surface area contributed by atoms with Crippen LogP contribution in [-0.2, 0) is 11.2 Å². The normalized spacial score (nSPS) is 13.3. The molecule has 0 saturated heterocycles. The van der Waals surface area contributed by atoms with Gasteiger partial charge in [-0.15, -0.1) is 0 Å². The number of carbonyl (C=O) groups is 1. The number of pyridine rings is 1. The standard InChI is InChI=1S/C16H17N3O2/c1-2-18-12-8-14(10-17-9-12)21-13-4-5-15-11(7-13)3-6-16(20)19-15/h4-5,7-10,18H,2-3,6H2,1H3,(H,19,20). The van der Waals surface area contributed by atoms with E-state index in [2.05, 4.69) is 15.6 Å². The lowest BCUT2D eigenvalue weighted by atomic mass is 10.0. The molecule has 0 radical (unpaired) electrons. The molecule has 108 valence electrons. The highest BCUT2D eigenvalue weighted by Gasteiger charge is 2.15. The number of carbonyl (C=O) groups excluding carboxylic acids is 1. The number of hydrogen-bond acceptors (Lipinski definition) is 4. The Hall–Kier alpha value is -2.56. The average Bonchev–Trinajstić information content (AvgIpc) is 2.48. The maximum Gasteiger partial charge on any atom is 0.224 e. The van der Waals surface area contributed by atoms with Crippen molar-refractivity contribution in [2.75, 3.05) is 17.2 Å². The van der Waals surface area contributed by atoms with Gasteiger partial charge in [0.05, 0.1) is 18.1 Å². The summed E-state index contributed by atoms with van der Waals surface area (Å²) in [5, 5.41) is 6.06. The molecule has 2 aromatic rings. The number of rotatable bonds is 4. The van der Waals surface area contributed by atoms with Gasteiger partial charge in [-0.1, -0.05) is 0 Å². The van der Waals surface area contributed by atoms with Gasteiger partial charge in [-0.25, -0.2) is 0 Å². The Balaban J connectivity index is 1.79. The third-order valence-corrected chi connectivity index (χ3v) is 3.30. The fraction of sp³-hybridized carbons (Fsp3) is 0.250. The summed E-state index contributed by atoms with van der Waals surface area (Å²) < 4.78 is 5.84. The number of ether oxygens (including phenoxy) is 1. The molecule has 21 heavy (non-hydrogen) atoms. The van der Waals surface area contributed by atoms with E-state index in [-0.39, 0.29) is 5.91 Å². The Kier molecular flexibility index (Phi) is 3.73. The maximum atomic E-state index is 11.3. The molecule has 3 rings (SSSR count). The summed E-state index contributed by atoms with van der Waals surface area (Å²) in [6.45, 7) is 2.87. The lowest BCUT2D eigenvalue weighted by Crippen LogP contribution is -2.18. The highest BCUT2D eigenvalue weighted by atomic mass is 16.5. The minimum atomic E-state index is 0.0682. The van der Waals surface area contributed by atoms with E-state index in [1.165, 1.54) is 0 Å². The summed E-state index contributed by atoms with van der Waals surface area (Å²) >= 11 is 0. The number of aromatic nitrogens is 1. The summed E-state index contributed by atoms with van der Waals surface area (Å²) in [6.07, 6.45) is 4.71. The minimum Gasteiger partial charge on any atom is -0.456 e. The summed E-state index contributed by atoms with van der Waals surface area (Å²) in [5.41, 5.74) is 2.90. The van der Waals surface area contributed by atoms with Crippen LogP contribution in [0.2, 0.25) is 0 Å². The molecule has 5 heteroatoms. The number of fused-ring (bicyclic) bond motifs is 1. The lowest BCUT2D eigenvalue weighted by molar-refractivity contribution is -0.116. The number of hydrogen-bond donors (Lipinski definition) is 2. The van der Waals surface area contributed by atoms with Gasteiger partial charge < -0.3 is 15.4 Å². The van der Waals surface area contributed by atoms with Gasteiger partial charge in [0.1, 0.15) is 11.5 Å². The first kappa shape index (κ1) is 13.4. The number of nitrogens with one attached hydrogen (secondary N) is 2. The van der Waals surface area contributed by atoms with Gasteiger partial charge in [-0.05, 0) is 37.1 Å². The molecular formula is C16H17N3O2. The van der Waals surface area contributed by atoms with Gasteiger partial charge >= 0.3 is 0 Å². The Bertz CT molecular complexity index is 670. The van der Waals surface area contributed by atoms with Crippen LogP contribution in [0, 0.1) is 0 Å². The molecule has 1 aliphatic rings. The summed E-state index contributed by atoms with van der Waals surface area (Å²) in [7, 11) is 0. The van der Waals surface area contributed by atoms with Crippen molar-refractivity contribution in [1.82, 2.24) is 4.98 Å². The van der Waals surface area contributed by atoms with E-state index in [1.54, 1.807) is 12.4 Å². The van der Waals surface area contributed by atoms with Crippen molar-refractivity contribution in [3.63, 3.8) is 0 Å². The van der Waals surface area contributed by atoms with Crippen LogP contribution < -0.4 is 15.4 Å². The van der Waals surface area contributed by atoms with Crippen molar-refractivity contribution >= 4 is 17.3 Å². The van der Waals surface area contributed by atoms with Crippen LogP contribution in [-0.4, -0.2) is 17.4 Å². The first-order valence-electron chi connectivity index (χ1n) is 7.04. The second kappa shape index (κ2) is 5.83. The Morgan fingerprint density at radius 3 is 3.00 bits per heavy atom. The van der Waals surface area contributed by atoms with Gasteiger partial charge in [0.25, 0.3) is 0 Å². The third kappa shape index (κ3) is 3.13. The van der Waals surface area contributed by atoms with E-state index < -0.39 is 0 Å². The van der Waals surface area contributed by atoms with E-state index in [9.17, 15) is 4.79 Å². The van der Waals surface area contributed by atoms with Crippen molar-refractivity contribution < 1.29 is 9.53 Å². The van der Waals surface area contributed by atoms with Crippen LogP contribution >= 0.6 is 0 Å². The number of anilines is 2. The Morgan fingerprint density at radius 1 is 1.24 bits per heavy atom. The predicted octanol–water partition coefficient (Wildman–Crippen LogP) is 3.19. The van der Waals surface area contributed by atoms with Crippen molar-refractivity contribution in [1.29, 1.82) is 0 Å². The van der Waals surface area contributed by atoms with Gasteiger partial charge in [-0.3, -0.25) is 9.78 Å². The van der Waals surface area contributed by atoms with Crippen LogP contribution in [0.5, 0.6) is 11.5 Å². The van der Waals surface area contributed by atoms with Crippen LogP contribution in [0.1, 0.15) is 18.9 Å². The van der Waals surface area contributed by atoms with Crippen LogP contribution in [0.15, 0.2) is 36.7 Å². The molecule has 0 atom stereocenters. The molecule has 2 N–H and O–H groups in total. The van der Waals surface area contributed by atoms with Crippen LogP contribution in [0.4, 0.5) is 11.4 Å². The highest BCUT2D eigenvalue weighted by Crippen LogP contribution is 2.30. The van der Waals surface area contributed by atoms with E-state index in [1.807, 2.05) is 31.2 Å². The van der Waals surface area contributed by atoms with Gasteiger partial charge in [0, 0.05) is 24.7 Å². The molecule has 5 nitrogen and oxygen atoms in total. The number of nitrogens with zero attached hydrogens (tertiary/aromatic N) is 1. The van der Waals surface area contributed by atoms with Crippen molar-refractivity contribution in [2.24, 2.45) is 0 Å². The summed E-state index contributed by atoms with van der Waals surface area (Å²) in [4.78, 5) is 15.5. The fourth-order valence-corrected chi connectivity index (χ4v) is 2.33. The zero-order valence-electron chi connectivity index (χ0n) is 11.8. The van der Waals surface area contributed by atoms with E-state index in [4.69, 9.17) is 4.74 Å². The average molecular weight is 283 g/mol. The summed E-state index contributed by atoms with van der Waals surface area (Å²) in [6, 6.07) is 7.61. The van der Waals surface area contributed by atoms with Gasteiger partial charge in [-0.2, -0.15) is 0 Å². The lowest BCUT2D eigenvalue weighted by Gasteiger charge is -2.17. The maximum absolute atomic E-state index is 11.3. The van der Waals surface area contributed by atoms with Crippen molar-refractivity contribution in [3.05, 3.63) is 42.2 Å². The molecule has 2 heterocycles. The van der Waals surface area contributed by atoms with E-state index >= 15 is 0 Å². The second-order valence-electron chi connectivity index (χ2n) is 4.91. The minimum absolute atomic E-state index is 0.0682. The van der Waals surface area contributed by atoms with Gasteiger partial charge in [0.15, 0.2) is 0 Å². The van der Waals surface area contributed by atoms with Gasteiger partial charge in [0.2, 0.25) is 5.91 Å². The van der Waals surface area contributed by atoms with Crippen LogP contribution in [0.25, 0.3) is 0 Å². The Morgan fingerprint density at radius 2 is 2.14 bits per heavy atom. The third-order valence-electron chi connectivity index (χ3n) is 3.30. The van der Waals surface area contributed by atoms with Crippen LogP contribution in [0.3, 0.4) is 0 Å². The first-order valence-corrected chi connectivity index (χ1v) is 7.04. The summed E-state index contributed by atoms with van der Waals surface area (Å²) in [5.74, 6) is 1.51. The molecule has 1 aliphatic heterocycles. The monoisotopic (exact) mass is 283 g/mol. The van der Waals surface area contributed by atoms with Crippen molar-refractivity contribution in [2.45, 2.75) is 19.8 Å². The zero-order chi connectivity index (χ0) is 14.7. The number of benzene rings is 1. The SMILES string of the molecule is CCNc1cncc(Oc2ccc3c(c2)CCC(=O)N3)c1. The molecule has 0 aliphatic carbocycles. The Labute approximate surface area is 123 Å². The molecule has 1 aromatic heterocycles. The predicted molar refractivity (Wildman–Crippen MR) is 81.9 cm³/mol. The highest BCUT2D eigenvalue weighted by molar-refractivity contribution is 5.94. The molecule has 1 amide bonds. The number of aryl methyl sites for hydroxylation is 1. The molecule has 0 saturated carbocycles. The smallest absolute Gasteiger partial charge is 0.224 e. The van der Waals surface area contributed by atoms with Crippen molar-refractivity contribution in [3.8, 4) is 11.5 Å². The molecule has 0 unspecified atom stereocenters. The fourth-order valence-electron chi connectivity index (χ4n) is 2.33. The van der Waals surface area contributed by atoms with E-state index in [0.717, 1.165) is 35.7 Å². The quantitative estimate of drug-likeness (QED) is 0.904. The molecule has 0 spiro atoms. The molecular weight excluding hydrogens is 266 g/mol. The van der Waals surface area contributed by atoms with E-state index in [0.29, 0.717) is 12.2 Å². The molecule has 1 aromatic carbocycles. The largest absolute Gasteiger partial charge is 0.456 e. The topological polar surface area (TPSA) is 63.3 Å². The second-order valence-corrected chi connectivity index (χ2v) is 4.91. The molecule has 0 bridgehead atoms. The zero-order valence-corrected chi connectivity index (χ0v) is 11.8. The molecule has 0 fully saturated rings. The first-order chi connectivity index (χ1) is 10.2. The number of amides is 1.